The lowest BCUT2D eigenvalue weighted by Crippen LogP contribution is -2.11. The first-order valence-electron chi connectivity index (χ1n) is 5.46. The smallest absolute Gasteiger partial charge is 0.0221 e. The van der Waals surface area contributed by atoms with Gasteiger partial charge >= 0.3 is 0 Å². The maximum Gasteiger partial charge on any atom is 0.0221 e. The van der Waals surface area contributed by atoms with Gasteiger partial charge in [0.15, 0.2) is 0 Å². The van der Waals surface area contributed by atoms with E-state index in [2.05, 4.69) is 25.7 Å². The minimum absolute atomic E-state index is 1.17. The first-order valence-corrected chi connectivity index (χ1v) is 5.46. The van der Waals surface area contributed by atoms with E-state index in [0.717, 1.165) is 0 Å². The van der Waals surface area contributed by atoms with Crippen molar-refractivity contribution in [2.75, 3.05) is 6.54 Å². The molecule has 73 valence electrons. The largest absolute Gasteiger partial charge is 0.312 e. The fourth-order valence-electron chi connectivity index (χ4n) is 1.18. The molecule has 1 N–H and O–H groups in total. The Balaban J connectivity index is 2.73. The van der Waals surface area contributed by atoms with Crippen molar-refractivity contribution in [1.29, 1.82) is 0 Å². The zero-order chi connectivity index (χ0) is 9.07. The maximum absolute atomic E-state index is 3.35. The second kappa shape index (κ2) is 11.0. The molecule has 0 rings (SSSR count). The second-order valence-corrected chi connectivity index (χ2v) is 3.36. The highest BCUT2D eigenvalue weighted by Crippen LogP contribution is 1.99. The molecule has 0 aliphatic rings. The van der Waals surface area contributed by atoms with Crippen molar-refractivity contribution in [2.24, 2.45) is 0 Å². The molecular weight excluding hydrogens is 146 g/mol. The zero-order valence-corrected chi connectivity index (χ0v) is 8.73. The SMILES string of the molecule is CCCCC[CH]NCCCCC. The number of nitrogens with one attached hydrogen (secondary N) is 1. The molecular formula is C11H24N. The lowest BCUT2D eigenvalue weighted by molar-refractivity contribution is 0.623. The van der Waals surface area contributed by atoms with Crippen LogP contribution in [-0.4, -0.2) is 6.54 Å². The van der Waals surface area contributed by atoms with Crippen molar-refractivity contribution < 1.29 is 0 Å². The lowest BCUT2D eigenvalue weighted by Gasteiger charge is -2.02. The van der Waals surface area contributed by atoms with Crippen LogP contribution in [0, 0.1) is 6.54 Å². The van der Waals surface area contributed by atoms with Gasteiger partial charge in [0.25, 0.3) is 0 Å². The van der Waals surface area contributed by atoms with Crippen molar-refractivity contribution in [3.63, 3.8) is 0 Å². The molecule has 0 spiro atoms. The fraction of sp³-hybridized carbons (Fsp3) is 0.909. The molecule has 0 heterocycles. The van der Waals surface area contributed by atoms with Crippen molar-refractivity contribution in [2.45, 2.75) is 58.8 Å². The lowest BCUT2D eigenvalue weighted by atomic mass is 10.2. The Hall–Kier alpha value is -0.0400. The molecule has 0 saturated heterocycles. The summed E-state index contributed by atoms with van der Waals surface area (Å²) in [7, 11) is 0. The van der Waals surface area contributed by atoms with Gasteiger partial charge in [-0.2, -0.15) is 0 Å². The van der Waals surface area contributed by atoms with Gasteiger partial charge in [0.2, 0.25) is 0 Å². The summed E-state index contributed by atoms with van der Waals surface area (Å²) in [5, 5.41) is 3.35. The summed E-state index contributed by atoms with van der Waals surface area (Å²) in [6.07, 6.45) is 9.27. The van der Waals surface area contributed by atoms with Crippen LogP contribution in [0.2, 0.25) is 0 Å². The van der Waals surface area contributed by atoms with Gasteiger partial charge in [-0.25, -0.2) is 0 Å². The highest BCUT2D eigenvalue weighted by molar-refractivity contribution is 4.61. The number of hydrogen-bond acceptors (Lipinski definition) is 1. The van der Waals surface area contributed by atoms with Crippen LogP contribution >= 0.6 is 0 Å². The van der Waals surface area contributed by atoms with E-state index in [9.17, 15) is 0 Å². The number of rotatable bonds is 9. The van der Waals surface area contributed by atoms with Crippen molar-refractivity contribution in [3.8, 4) is 0 Å². The topological polar surface area (TPSA) is 12.0 Å². The molecule has 1 radical (unpaired) electrons. The van der Waals surface area contributed by atoms with Crippen LogP contribution in [0.4, 0.5) is 0 Å². The Morgan fingerprint density at radius 3 is 2.25 bits per heavy atom. The fourth-order valence-corrected chi connectivity index (χ4v) is 1.18. The van der Waals surface area contributed by atoms with E-state index in [-0.39, 0.29) is 0 Å². The number of hydrogen-bond donors (Lipinski definition) is 1. The predicted molar refractivity (Wildman–Crippen MR) is 56.0 cm³/mol. The molecule has 0 saturated carbocycles. The summed E-state index contributed by atoms with van der Waals surface area (Å²) in [6, 6.07) is 0. The Morgan fingerprint density at radius 1 is 0.917 bits per heavy atom. The molecule has 0 aromatic heterocycles. The summed E-state index contributed by atoms with van der Waals surface area (Å²) >= 11 is 0. The van der Waals surface area contributed by atoms with E-state index in [0.29, 0.717) is 0 Å². The van der Waals surface area contributed by atoms with Gasteiger partial charge in [-0.1, -0.05) is 46.0 Å². The molecule has 0 fully saturated rings. The van der Waals surface area contributed by atoms with Crippen LogP contribution in [0.15, 0.2) is 0 Å². The van der Waals surface area contributed by atoms with Crippen LogP contribution in [-0.2, 0) is 0 Å². The molecule has 0 unspecified atom stereocenters. The molecule has 0 amide bonds. The van der Waals surface area contributed by atoms with E-state index in [4.69, 9.17) is 0 Å². The number of unbranched alkanes of at least 4 members (excludes halogenated alkanes) is 5. The monoisotopic (exact) mass is 170 g/mol. The molecule has 0 aromatic rings. The zero-order valence-electron chi connectivity index (χ0n) is 8.73. The molecule has 0 aliphatic carbocycles. The Morgan fingerprint density at radius 2 is 1.58 bits per heavy atom. The van der Waals surface area contributed by atoms with Crippen LogP contribution < -0.4 is 5.32 Å². The molecule has 12 heavy (non-hydrogen) atoms. The Labute approximate surface area is 77.9 Å². The second-order valence-electron chi connectivity index (χ2n) is 3.36. The van der Waals surface area contributed by atoms with Gasteiger partial charge < -0.3 is 5.32 Å². The molecule has 0 aliphatic heterocycles. The van der Waals surface area contributed by atoms with Gasteiger partial charge in [-0.05, 0) is 19.4 Å². The first-order chi connectivity index (χ1) is 5.91. The summed E-state index contributed by atoms with van der Waals surface area (Å²) in [6.45, 7) is 7.88. The predicted octanol–water partition coefficient (Wildman–Crippen LogP) is 3.51. The van der Waals surface area contributed by atoms with Crippen LogP contribution in [0.1, 0.15) is 58.8 Å². The Bertz CT molecular complexity index is 61.4. The van der Waals surface area contributed by atoms with E-state index < -0.39 is 0 Å². The minimum atomic E-state index is 1.17. The third-order valence-electron chi connectivity index (χ3n) is 2.02. The summed E-state index contributed by atoms with van der Waals surface area (Å²) in [4.78, 5) is 0. The molecule has 0 bridgehead atoms. The summed E-state index contributed by atoms with van der Waals surface area (Å²) < 4.78 is 0. The van der Waals surface area contributed by atoms with Crippen LogP contribution in [0.25, 0.3) is 0 Å². The third-order valence-corrected chi connectivity index (χ3v) is 2.02. The van der Waals surface area contributed by atoms with Crippen molar-refractivity contribution in [3.05, 3.63) is 6.54 Å². The van der Waals surface area contributed by atoms with Crippen molar-refractivity contribution in [1.82, 2.24) is 5.32 Å². The third kappa shape index (κ3) is 9.96. The maximum atomic E-state index is 3.35. The Kier molecular flexibility index (Phi) is 10.9. The summed E-state index contributed by atoms with van der Waals surface area (Å²) in [5.74, 6) is 0. The molecule has 0 atom stereocenters. The standard InChI is InChI=1S/C11H24N/c1-3-5-7-9-11-12-10-8-6-4-2/h11-12H,3-10H2,1-2H3. The van der Waals surface area contributed by atoms with Gasteiger partial charge in [0.05, 0.1) is 0 Å². The summed E-state index contributed by atoms with van der Waals surface area (Å²) in [5.41, 5.74) is 0. The van der Waals surface area contributed by atoms with Crippen LogP contribution in [0.5, 0.6) is 0 Å². The average Bonchev–Trinajstić information content (AvgIpc) is 2.10. The van der Waals surface area contributed by atoms with E-state index >= 15 is 0 Å². The van der Waals surface area contributed by atoms with E-state index in [1.165, 1.54) is 51.5 Å². The van der Waals surface area contributed by atoms with Gasteiger partial charge in [-0.15, -0.1) is 0 Å². The normalized spacial score (nSPS) is 10.5. The molecule has 0 aromatic carbocycles. The van der Waals surface area contributed by atoms with E-state index in [1.807, 2.05) is 0 Å². The van der Waals surface area contributed by atoms with Gasteiger partial charge in [-0.3, -0.25) is 0 Å². The van der Waals surface area contributed by atoms with Crippen molar-refractivity contribution >= 4 is 0 Å². The van der Waals surface area contributed by atoms with Gasteiger partial charge in [0, 0.05) is 6.54 Å². The molecule has 1 heteroatoms. The van der Waals surface area contributed by atoms with Crippen LogP contribution in [0.3, 0.4) is 0 Å². The highest BCUT2D eigenvalue weighted by Gasteiger charge is 1.88. The highest BCUT2D eigenvalue weighted by atomic mass is 14.8. The minimum Gasteiger partial charge on any atom is -0.312 e. The van der Waals surface area contributed by atoms with E-state index in [1.54, 1.807) is 0 Å². The molecule has 1 nitrogen and oxygen atoms in total. The van der Waals surface area contributed by atoms with Gasteiger partial charge in [0.1, 0.15) is 0 Å². The first kappa shape index (κ1) is 12.0. The quantitative estimate of drug-likeness (QED) is 0.522. The average molecular weight is 170 g/mol.